The lowest BCUT2D eigenvalue weighted by atomic mass is 9.94. The molecule has 0 aliphatic heterocycles. The second-order valence-electron chi connectivity index (χ2n) is 4.55. The van der Waals surface area contributed by atoms with Gasteiger partial charge in [-0.1, -0.05) is 19.9 Å². The van der Waals surface area contributed by atoms with Crippen molar-refractivity contribution < 1.29 is 4.42 Å². The Morgan fingerprint density at radius 3 is 2.72 bits per heavy atom. The molecule has 2 unspecified atom stereocenters. The van der Waals surface area contributed by atoms with Gasteiger partial charge in [-0.3, -0.25) is 4.98 Å². The number of nitrogens with one attached hydrogen (secondary N) is 1. The number of hydrogen-bond donors (Lipinski definition) is 1. The molecule has 2 atom stereocenters. The Morgan fingerprint density at radius 1 is 1.33 bits per heavy atom. The Kier molecular flexibility index (Phi) is 4.15. The van der Waals surface area contributed by atoms with Gasteiger partial charge in [-0.25, -0.2) is 0 Å². The number of furan rings is 1. The predicted molar refractivity (Wildman–Crippen MR) is 72.5 cm³/mol. The van der Waals surface area contributed by atoms with E-state index in [0.29, 0.717) is 0 Å². The number of aryl methyl sites for hydroxylation is 1. The molecule has 0 spiro atoms. The molecule has 3 heteroatoms. The highest BCUT2D eigenvalue weighted by Gasteiger charge is 2.24. The lowest BCUT2D eigenvalue weighted by Crippen LogP contribution is -2.26. The molecule has 0 aliphatic rings. The van der Waals surface area contributed by atoms with Crippen LogP contribution in [0.5, 0.6) is 0 Å². The highest BCUT2D eigenvalue weighted by molar-refractivity contribution is 5.23. The average molecular weight is 244 g/mol. The van der Waals surface area contributed by atoms with Gasteiger partial charge in [-0.05, 0) is 37.2 Å². The van der Waals surface area contributed by atoms with Gasteiger partial charge in [-0.15, -0.1) is 0 Å². The maximum atomic E-state index is 5.63. The van der Waals surface area contributed by atoms with E-state index in [-0.39, 0.29) is 12.0 Å². The standard InChI is InChI=1S/C15H20N2O/c1-4-16-14(15-11(2)8-10-18-15)12(3)13-7-5-6-9-17-13/h5-10,12,14,16H,4H2,1-3H3. The molecule has 0 aromatic carbocycles. The summed E-state index contributed by atoms with van der Waals surface area (Å²) in [5, 5.41) is 3.49. The zero-order valence-electron chi connectivity index (χ0n) is 11.2. The first-order valence-electron chi connectivity index (χ1n) is 6.42. The van der Waals surface area contributed by atoms with Gasteiger partial charge in [0.1, 0.15) is 5.76 Å². The quantitative estimate of drug-likeness (QED) is 0.875. The minimum Gasteiger partial charge on any atom is -0.467 e. The molecule has 2 heterocycles. The Hall–Kier alpha value is -1.61. The van der Waals surface area contributed by atoms with E-state index in [1.165, 1.54) is 5.56 Å². The normalized spacial score (nSPS) is 14.4. The van der Waals surface area contributed by atoms with Gasteiger partial charge in [0.15, 0.2) is 0 Å². The molecule has 0 bridgehead atoms. The molecule has 18 heavy (non-hydrogen) atoms. The van der Waals surface area contributed by atoms with Crippen LogP contribution in [0.2, 0.25) is 0 Å². The number of likely N-dealkylation sites (N-methyl/N-ethyl adjacent to an activating group) is 1. The SMILES string of the molecule is CCNC(c1occc1C)C(C)c1ccccn1. The lowest BCUT2D eigenvalue weighted by molar-refractivity contribution is 0.376. The molecule has 0 fully saturated rings. The molecular weight excluding hydrogens is 224 g/mol. The third-order valence-electron chi connectivity index (χ3n) is 3.26. The third-order valence-corrected chi connectivity index (χ3v) is 3.26. The summed E-state index contributed by atoms with van der Waals surface area (Å²) >= 11 is 0. The van der Waals surface area contributed by atoms with Crippen molar-refractivity contribution in [3.63, 3.8) is 0 Å². The van der Waals surface area contributed by atoms with Gasteiger partial charge in [0.05, 0.1) is 12.3 Å². The smallest absolute Gasteiger partial charge is 0.124 e. The topological polar surface area (TPSA) is 38.1 Å². The molecular formula is C15H20N2O. The van der Waals surface area contributed by atoms with E-state index >= 15 is 0 Å². The number of nitrogens with zero attached hydrogens (tertiary/aromatic N) is 1. The number of rotatable bonds is 5. The summed E-state index contributed by atoms with van der Waals surface area (Å²) in [6, 6.07) is 8.20. The van der Waals surface area contributed by atoms with E-state index in [9.17, 15) is 0 Å². The summed E-state index contributed by atoms with van der Waals surface area (Å²) in [5.41, 5.74) is 2.27. The van der Waals surface area contributed by atoms with Crippen LogP contribution in [0, 0.1) is 6.92 Å². The van der Waals surface area contributed by atoms with Gasteiger partial charge in [0.25, 0.3) is 0 Å². The lowest BCUT2D eigenvalue weighted by Gasteiger charge is -2.23. The van der Waals surface area contributed by atoms with Crippen molar-refractivity contribution in [1.29, 1.82) is 0 Å². The van der Waals surface area contributed by atoms with Crippen LogP contribution in [0.25, 0.3) is 0 Å². The summed E-state index contributed by atoms with van der Waals surface area (Å²) in [6.45, 7) is 7.27. The molecule has 1 N–H and O–H groups in total. The zero-order valence-corrected chi connectivity index (χ0v) is 11.2. The molecule has 0 saturated heterocycles. The largest absolute Gasteiger partial charge is 0.467 e. The van der Waals surface area contributed by atoms with Crippen molar-refractivity contribution in [3.05, 3.63) is 53.7 Å². The van der Waals surface area contributed by atoms with Crippen LogP contribution in [0.15, 0.2) is 41.1 Å². The van der Waals surface area contributed by atoms with Gasteiger partial charge >= 0.3 is 0 Å². The van der Waals surface area contributed by atoms with Crippen molar-refractivity contribution in [1.82, 2.24) is 10.3 Å². The Balaban J connectivity index is 2.28. The van der Waals surface area contributed by atoms with Crippen LogP contribution in [0.3, 0.4) is 0 Å². The maximum Gasteiger partial charge on any atom is 0.124 e. The van der Waals surface area contributed by atoms with E-state index in [1.807, 2.05) is 24.4 Å². The Morgan fingerprint density at radius 2 is 2.17 bits per heavy atom. The summed E-state index contributed by atoms with van der Waals surface area (Å²) < 4.78 is 5.63. The third kappa shape index (κ3) is 2.62. The predicted octanol–water partition coefficient (Wildman–Crippen LogP) is 3.44. The minimum absolute atomic E-state index is 0.167. The molecule has 3 nitrogen and oxygen atoms in total. The van der Waals surface area contributed by atoms with Crippen LogP contribution in [0.4, 0.5) is 0 Å². The second kappa shape index (κ2) is 5.83. The van der Waals surface area contributed by atoms with Crippen molar-refractivity contribution in [2.45, 2.75) is 32.7 Å². The van der Waals surface area contributed by atoms with E-state index in [0.717, 1.165) is 18.0 Å². The highest BCUT2D eigenvalue weighted by atomic mass is 16.3. The minimum atomic E-state index is 0.167. The monoisotopic (exact) mass is 244 g/mol. The van der Waals surface area contributed by atoms with Crippen LogP contribution in [-0.4, -0.2) is 11.5 Å². The molecule has 0 amide bonds. The van der Waals surface area contributed by atoms with Gasteiger partial charge in [0.2, 0.25) is 0 Å². The first-order chi connectivity index (χ1) is 8.74. The number of hydrogen-bond acceptors (Lipinski definition) is 3. The number of aromatic nitrogens is 1. The summed E-state index contributed by atoms with van der Waals surface area (Å²) in [4.78, 5) is 4.44. The fraction of sp³-hybridized carbons (Fsp3) is 0.400. The van der Waals surface area contributed by atoms with Crippen LogP contribution < -0.4 is 5.32 Å². The van der Waals surface area contributed by atoms with E-state index in [1.54, 1.807) is 6.26 Å². The van der Waals surface area contributed by atoms with Crippen molar-refractivity contribution in [3.8, 4) is 0 Å². The Labute approximate surface area is 108 Å². The fourth-order valence-electron chi connectivity index (χ4n) is 2.24. The van der Waals surface area contributed by atoms with E-state index < -0.39 is 0 Å². The summed E-state index contributed by atoms with van der Waals surface area (Å²) in [6.07, 6.45) is 3.59. The molecule has 96 valence electrons. The average Bonchev–Trinajstić information content (AvgIpc) is 2.82. The summed E-state index contributed by atoms with van der Waals surface area (Å²) in [5.74, 6) is 1.28. The van der Waals surface area contributed by atoms with Crippen molar-refractivity contribution in [2.24, 2.45) is 0 Å². The van der Waals surface area contributed by atoms with Crippen molar-refractivity contribution in [2.75, 3.05) is 6.54 Å². The molecule has 2 aromatic rings. The molecule has 0 radical (unpaired) electrons. The second-order valence-corrected chi connectivity index (χ2v) is 4.55. The first-order valence-corrected chi connectivity index (χ1v) is 6.42. The number of pyridine rings is 1. The molecule has 0 aliphatic carbocycles. The summed E-state index contributed by atoms with van der Waals surface area (Å²) in [7, 11) is 0. The van der Waals surface area contributed by atoms with E-state index in [2.05, 4.69) is 37.1 Å². The van der Waals surface area contributed by atoms with Gasteiger partial charge in [-0.2, -0.15) is 0 Å². The molecule has 2 rings (SSSR count). The van der Waals surface area contributed by atoms with Gasteiger partial charge in [0, 0.05) is 17.8 Å². The van der Waals surface area contributed by atoms with Crippen molar-refractivity contribution >= 4 is 0 Å². The Bertz CT molecular complexity index is 478. The maximum absolute atomic E-state index is 5.63. The zero-order chi connectivity index (χ0) is 13.0. The van der Waals surface area contributed by atoms with Crippen LogP contribution in [0.1, 0.15) is 42.8 Å². The first kappa shape index (κ1) is 12.8. The van der Waals surface area contributed by atoms with Gasteiger partial charge < -0.3 is 9.73 Å². The molecule has 2 aromatic heterocycles. The van der Waals surface area contributed by atoms with E-state index in [4.69, 9.17) is 4.42 Å². The highest BCUT2D eigenvalue weighted by Crippen LogP contribution is 2.31. The van der Waals surface area contributed by atoms with Crippen LogP contribution >= 0.6 is 0 Å². The fourth-order valence-corrected chi connectivity index (χ4v) is 2.24. The molecule has 0 saturated carbocycles. The van der Waals surface area contributed by atoms with Crippen LogP contribution in [-0.2, 0) is 0 Å².